The Morgan fingerprint density at radius 2 is 2.00 bits per heavy atom. The smallest absolute Gasteiger partial charge is 0.170 e. The maximum atomic E-state index is 6.35. The van der Waals surface area contributed by atoms with Crippen molar-refractivity contribution in [1.29, 1.82) is 0 Å². The predicted molar refractivity (Wildman–Crippen MR) is 112 cm³/mol. The van der Waals surface area contributed by atoms with Crippen molar-refractivity contribution in [1.82, 2.24) is 15.2 Å². The lowest BCUT2D eigenvalue weighted by Crippen LogP contribution is -2.29. The van der Waals surface area contributed by atoms with Crippen molar-refractivity contribution in [2.75, 3.05) is 6.54 Å². The first kappa shape index (κ1) is 18.3. The van der Waals surface area contributed by atoms with Gasteiger partial charge in [-0.25, -0.2) is 0 Å². The highest BCUT2D eigenvalue weighted by molar-refractivity contribution is 7.80. The lowest BCUT2D eigenvalue weighted by molar-refractivity contribution is 0.284. The van der Waals surface area contributed by atoms with Crippen LogP contribution in [0.3, 0.4) is 0 Å². The highest BCUT2D eigenvalue weighted by atomic mass is 35.5. The van der Waals surface area contributed by atoms with Gasteiger partial charge in [0.25, 0.3) is 0 Å². The Kier molecular flexibility index (Phi) is 5.08. The zero-order valence-electron chi connectivity index (χ0n) is 14.5. The maximum absolute atomic E-state index is 6.35. The molecule has 4 nitrogen and oxygen atoms in total. The van der Waals surface area contributed by atoms with Crippen LogP contribution >= 0.6 is 35.4 Å². The van der Waals surface area contributed by atoms with E-state index in [9.17, 15) is 0 Å². The summed E-state index contributed by atoms with van der Waals surface area (Å²) >= 11 is 18.0. The molecule has 3 heterocycles. The molecule has 27 heavy (non-hydrogen) atoms. The Balaban J connectivity index is 1.75. The molecule has 138 valence electrons. The van der Waals surface area contributed by atoms with Crippen molar-refractivity contribution in [2.24, 2.45) is 0 Å². The van der Waals surface area contributed by atoms with E-state index in [0.29, 0.717) is 20.9 Å². The second-order valence-corrected chi connectivity index (χ2v) is 7.39. The first-order valence-corrected chi connectivity index (χ1v) is 9.78. The molecule has 1 saturated heterocycles. The van der Waals surface area contributed by atoms with Crippen LogP contribution in [0.1, 0.15) is 30.5 Å². The van der Waals surface area contributed by atoms with Gasteiger partial charge in [0.1, 0.15) is 17.6 Å². The molecule has 1 aliphatic rings. The van der Waals surface area contributed by atoms with Crippen molar-refractivity contribution in [3.05, 3.63) is 76.2 Å². The Morgan fingerprint density at radius 3 is 2.74 bits per heavy atom. The number of furan rings is 1. The van der Waals surface area contributed by atoms with Gasteiger partial charge in [-0.3, -0.25) is 4.98 Å². The number of benzene rings is 1. The largest absolute Gasteiger partial charge is 0.459 e. The van der Waals surface area contributed by atoms with Crippen LogP contribution in [0.25, 0.3) is 11.3 Å². The molecule has 0 saturated carbocycles. The molecule has 3 aromatic rings. The molecule has 1 N–H and O–H groups in total. The van der Waals surface area contributed by atoms with Crippen molar-refractivity contribution in [3.63, 3.8) is 0 Å². The number of aromatic nitrogens is 1. The zero-order chi connectivity index (χ0) is 19.0. The highest BCUT2D eigenvalue weighted by Crippen LogP contribution is 2.41. The van der Waals surface area contributed by atoms with Crippen molar-refractivity contribution < 1.29 is 4.42 Å². The number of likely N-dealkylation sites (N-methyl/N-ethyl adjacent to an activating group) is 1. The van der Waals surface area contributed by atoms with Crippen molar-refractivity contribution in [2.45, 2.75) is 19.0 Å². The van der Waals surface area contributed by atoms with Crippen LogP contribution in [0, 0.1) is 0 Å². The second-order valence-electron chi connectivity index (χ2n) is 6.22. The van der Waals surface area contributed by atoms with Crippen LogP contribution in [0.2, 0.25) is 10.0 Å². The SMILES string of the molecule is CCN1C(=S)N[C@@H](c2ccccn2)[C@H]1c1ccc(-c2cccc(Cl)c2Cl)o1. The monoisotopic (exact) mass is 417 g/mol. The number of nitrogens with zero attached hydrogens (tertiary/aromatic N) is 2. The fraction of sp³-hybridized carbons (Fsp3) is 0.200. The Bertz CT molecular complexity index is 976. The van der Waals surface area contributed by atoms with E-state index in [1.807, 2.05) is 42.5 Å². The minimum absolute atomic E-state index is 0.0903. The Hall–Kier alpha value is -2.08. The predicted octanol–water partition coefficient (Wildman–Crippen LogP) is 5.64. The topological polar surface area (TPSA) is 41.3 Å². The van der Waals surface area contributed by atoms with Gasteiger partial charge in [0.2, 0.25) is 0 Å². The van der Waals surface area contributed by atoms with Crippen LogP contribution < -0.4 is 5.32 Å². The summed E-state index contributed by atoms with van der Waals surface area (Å²) in [7, 11) is 0. The fourth-order valence-corrected chi connectivity index (χ4v) is 4.17. The average molecular weight is 418 g/mol. The molecule has 0 unspecified atom stereocenters. The molecule has 4 rings (SSSR count). The van der Waals surface area contributed by atoms with Gasteiger partial charge >= 0.3 is 0 Å². The number of nitrogens with one attached hydrogen (secondary N) is 1. The number of hydrogen-bond donors (Lipinski definition) is 1. The van der Waals surface area contributed by atoms with Crippen LogP contribution in [0.15, 0.2) is 59.1 Å². The lowest BCUT2D eigenvalue weighted by atomic mass is 10.0. The third kappa shape index (κ3) is 3.31. The van der Waals surface area contributed by atoms with E-state index >= 15 is 0 Å². The summed E-state index contributed by atoms with van der Waals surface area (Å²) in [4.78, 5) is 6.61. The highest BCUT2D eigenvalue weighted by Gasteiger charge is 2.40. The summed E-state index contributed by atoms with van der Waals surface area (Å²) in [5.41, 5.74) is 1.68. The molecular formula is C20H17Cl2N3OS. The van der Waals surface area contributed by atoms with Crippen molar-refractivity contribution in [3.8, 4) is 11.3 Å². The summed E-state index contributed by atoms with van der Waals surface area (Å²) in [6.45, 7) is 2.83. The number of hydrogen-bond acceptors (Lipinski definition) is 3. The molecule has 7 heteroatoms. The molecule has 0 amide bonds. The summed E-state index contributed by atoms with van der Waals surface area (Å²) in [6.07, 6.45) is 1.78. The first-order chi connectivity index (χ1) is 13.1. The normalized spacial score (nSPS) is 19.4. The first-order valence-electron chi connectivity index (χ1n) is 8.62. The lowest BCUT2D eigenvalue weighted by Gasteiger charge is -2.24. The Labute approximate surface area is 173 Å². The molecule has 0 spiro atoms. The minimum atomic E-state index is -0.0934. The molecule has 2 aromatic heterocycles. The van der Waals surface area contributed by atoms with Gasteiger partial charge < -0.3 is 14.6 Å². The van der Waals surface area contributed by atoms with Gasteiger partial charge in [0.15, 0.2) is 5.11 Å². The van der Waals surface area contributed by atoms with Gasteiger partial charge in [-0.05, 0) is 55.5 Å². The quantitative estimate of drug-likeness (QED) is 0.556. The maximum Gasteiger partial charge on any atom is 0.170 e. The molecule has 1 fully saturated rings. The van der Waals surface area contributed by atoms with E-state index in [2.05, 4.69) is 22.1 Å². The molecule has 0 radical (unpaired) electrons. The van der Waals surface area contributed by atoms with Gasteiger partial charge in [0.05, 0.1) is 21.8 Å². The molecule has 0 aliphatic carbocycles. The van der Waals surface area contributed by atoms with E-state index in [1.54, 1.807) is 12.3 Å². The summed E-state index contributed by atoms with van der Waals surface area (Å²) < 4.78 is 6.21. The fourth-order valence-electron chi connectivity index (χ4n) is 3.41. The van der Waals surface area contributed by atoms with Gasteiger partial charge in [-0.2, -0.15) is 0 Å². The number of rotatable bonds is 4. The second kappa shape index (κ2) is 7.50. The van der Waals surface area contributed by atoms with E-state index in [0.717, 1.165) is 23.6 Å². The van der Waals surface area contributed by atoms with Gasteiger partial charge in [0, 0.05) is 18.3 Å². The van der Waals surface area contributed by atoms with Crippen LogP contribution in [0.5, 0.6) is 0 Å². The molecule has 1 aromatic carbocycles. The number of thiocarbonyl (C=S) groups is 1. The summed E-state index contributed by atoms with van der Waals surface area (Å²) in [6, 6.07) is 15.1. The number of pyridine rings is 1. The summed E-state index contributed by atoms with van der Waals surface area (Å²) in [5, 5.41) is 5.05. The molecule has 1 aliphatic heterocycles. The molecular weight excluding hydrogens is 401 g/mol. The Morgan fingerprint density at radius 1 is 1.15 bits per heavy atom. The van der Waals surface area contributed by atoms with E-state index in [-0.39, 0.29) is 12.1 Å². The van der Waals surface area contributed by atoms with E-state index < -0.39 is 0 Å². The molecule has 2 atom stereocenters. The summed E-state index contributed by atoms with van der Waals surface area (Å²) in [5.74, 6) is 1.47. The third-order valence-corrected chi connectivity index (χ3v) is 5.85. The van der Waals surface area contributed by atoms with Crippen LogP contribution in [-0.4, -0.2) is 21.5 Å². The van der Waals surface area contributed by atoms with Gasteiger partial charge in [-0.15, -0.1) is 0 Å². The molecule has 0 bridgehead atoms. The van der Waals surface area contributed by atoms with E-state index in [4.69, 9.17) is 39.8 Å². The van der Waals surface area contributed by atoms with Crippen molar-refractivity contribution >= 4 is 40.5 Å². The van der Waals surface area contributed by atoms with E-state index in [1.165, 1.54) is 0 Å². The van der Waals surface area contributed by atoms with Crippen LogP contribution in [-0.2, 0) is 0 Å². The average Bonchev–Trinajstić information content (AvgIpc) is 3.28. The van der Waals surface area contributed by atoms with Gasteiger partial charge in [-0.1, -0.05) is 35.3 Å². The zero-order valence-corrected chi connectivity index (χ0v) is 16.9. The number of halogens is 2. The standard InChI is InChI=1S/C20H17Cl2N3OS/c1-2-25-19(18(24-20(25)27)14-8-3-4-11-23-14)16-10-9-15(26-16)12-6-5-7-13(21)17(12)22/h3-11,18-19H,2H2,1H3,(H,24,27)/t18-,19+/m0/s1. The third-order valence-electron chi connectivity index (χ3n) is 4.67. The van der Waals surface area contributed by atoms with Crippen LogP contribution in [0.4, 0.5) is 0 Å². The minimum Gasteiger partial charge on any atom is -0.459 e.